The van der Waals surface area contributed by atoms with Crippen LogP contribution in [-0.2, 0) is 29.2 Å². The lowest BCUT2D eigenvalue weighted by atomic mass is 10.1. The molecule has 2 aromatic heterocycles. The molecule has 13 nitrogen and oxygen atoms in total. The third kappa shape index (κ3) is 5.41. The molecule has 1 aliphatic heterocycles. The standard InChI is InChI=1S/C20H25N3O10P2/c1-11-4-5-14-12(8-11)13(21-32-14)9-23-16(24)6-7-22(20(23)27)19-18(26)17(25)15(31-19)10-30-35(3,29)33-34(2)28/h4-8,15,17-19,25-26,34H,9-10H2,1-3H3/t15-,17+,18?,19-,35?/m1/s1. The van der Waals surface area contributed by atoms with Gasteiger partial charge in [-0.25, -0.2) is 4.79 Å². The van der Waals surface area contributed by atoms with Crippen molar-refractivity contribution in [1.82, 2.24) is 14.3 Å². The van der Waals surface area contributed by atoms with Crippen LogP contribution < -0.4 is 11.2 Å². The van der Waals surface area contributed by atoms with Crippen molar-refractivity contribution in [2.75, 3.05) is 19.9 Å². The molecule has 6 atom stereocenters. The highest BCUT2D eigenvalue weighted by Gasteiger charge is 2.45. The minimum absolute atomic E-state index is 0.195. The van der Waals surface area contributed by atoms with Crippen LogP contribution in [0.15, 0.2) is 44.6 Å². The second-order valence-electron chi connectivity index (χ2n) is 8.26. The van der Waals surface area contributed by atoms with Crippen LogP contribution >= 0.6 is 15.6 Å². The van der Waals surface area contributed by atoms with E-state index in [9.17, 15) is 28.9 Å². The highest BCUT2D eigenvalue weighted by atomic mass is 31.2. The highest BCUT2D eigenvalue weighted by Crippen LogP contribution is 2.51. The van der Waals surface area contributed by atoms with Crippen LogP contribution in [0.1, 0.15) is 17.5 Å². The van der Waals surface area contributed by atoms with Gasteiger partial charge in [-0.15, -0.1) is 0 Å². The first-order valence-electron chi connectivity index (χ1n) is 10.6. The Hall–Kier alpha value is -2.37. The Labute approximate surface area is 199 Å². The Kier molecular flexibility index (Phi) is 7.31. The summed E-state index contributed by atoms with van der Waals surface area (Å²) in [5.74, 6) is 0. The van der Waals surface area contributed by atoms with Crippen molar-refractivity contribution in [3.63, 3.8) is 0 Å². The molecular weight excluding hydrogens is 504 g/mol. The summed E-state index contributed by atoms with van der Waals surface area (Å²) in [6.45, 7) is 3.59. The monoisotopic (exact) mass is 529 g/mol. The first kappa shape index (κ1) is 25.7. The molecule has 1 saturated heterocycles. The van der Waals surface area contributed by atoms with Gasteiger partial charge in [0.15, 0.2) is 19.8 Å². The fourth-order valence-corrected chi connectivity index (χ4v) is 6.30. The topological polar surface area (TPSA) is 172 Å². The number of hydrogen-bond donors (Lipinski definition) is 2. The van der Waals surface area contributed by atoms with Crippen LogP contribution in [0.2, 0.25) is 0 Å². The van der Waals surface area contributed by atoms with Crippen molar-refractivity contribution in [3.05, 3.63) is 62.6 Å². The lowest BCUT2D eigenvalue weighted by Gasteiger charge is -2.19. The van der Waals surface area contributed by atoms with E-state index in [0.29, 0.717) is 16.7 Å². The van der Waals surface area contributed by atoms with Gasteiger partial charge in [-0.3, -0.25) is 27.4 Å². The Balaban J connectivity index is 1.58. The third-order valence-electron chi connectivity index (χ3n) is 5.48. The molecule has 3 unspecified atom stereocenters. The molecular formula is C20H25N3O10P2. The van der Waals surface area contributed by atoms with Crippen molar-refractivity contribution >= 4 is 26.6 Å². The Morgan fingerprint density at radius 1 is 1.23 bits per heavy atom. The fraction of sp³-hybridized carbons (Fsp3) is 0.450. The lowest BCUT2D eigenvalue weighted by molar-refractivity contribution is -0.0527. The molecule has 1 fully saturated rings. The van der Waals surface area contributed by atoms with Gasteiger partial charge in [0.2, 0.25) is 0 Å². The highest BCUT2D eigenvalue weighted by molar-refractivity contribution is 7.61. The fourth-order valence-electron chi connectivity index (χ4n) is 3.80. The van der Waals surface area contributed by atoms with Gasteiger partial charge >= 0.3 is 13.3 Å². The second-order valence-corrected chi connectivity index (χ2v) is 11.8. The lowest BCUT2D eigenvalue weighted by Crippen LogP contribution is -2.43. The molecule has 2 N–H and O–H groups in total. The van der Waals surface area contributed by atoms with E-state index in [1.54, 1.807) is 6.07 Å². The average molecular weight is 529 g/mol. The summed E-state index contributed by atoms with van der Waals surface area (Å²) in [6, 6.07) is 6.52. The van der Waals surface area contributed by atoms with E-state index < -0.39 is 58.0 Å². The molecule has 35 heavy (non-hydrogen) atoms. The second kappa shape index (κ2) is 9.94. The van der Waals surface area contributed by atoms with Gasteiger partial charge in [0, 0.05) is 31.0 Å². The van der Waals surface area contributed by atoms with E-state index in [2.05, 4.69) is 5.16 Å². The van der Waals surface area contributed by atoms with E-state index in [4.69, 9.17) is 18.1 Å². The van der Waals surface area contributed by atoms with E-state index in [1.807, 2.05) is 19.1 Å². The number of benzene rings is 1. The van der Waals surface area contributed by atoms with Crippen molar-refractivity contribution in [2.45, 2.75) is 38.0 Å². The first-order chi connectivity index (χ1) is 16.5. The van der Waals surface area contributed by atoms with E-state index in [1.165, 1.54) is 6.66 Å². The molecule has 3 heterocycles. The summed E-state index contributed by atoms with van der Waals surface area (Å²) in [5.41, 5.74) is 0.391. The van der Waals surface area contributed by atoms with E-state index in [0.717, 1.165) is 33.6 Å². The van der Waals surface area contributed by atoms with Crippen LogP contribution in [0.25, 0.3) is 11.0 Å². The minimum atomic E-state index is -3.69. The van der Waals surface area contributed by atoms with Crippen molar-refractivity contribution in [3.8, 4) is 0 Å². The summed E-state index contributed by atoms with van der Waals surface area (Å²) in [4.78, 5) is 25.7. The van der Waals surface area contributed by atoms with Crippen LogP contribution in [0.5, 0.6) is 0 Å². The Bertz CT molecular complexity index is 1430. The van der Waals surface area contributed by atoms with Crippen LogP contribution in [-0.4, -0.2) is 62.8 Å². The number of aliphatic hydroxyl groups excluding tert-OH is 2. The first-order valence-corrected chi connectivity index (χ1v) is 14.4. The molecule has 1 aromatic carbocycles. The van der Waals surface area contributed by atoms with Gasteiger partial charge in [0.1, 0.15) is 24.0 Å². The zero-order valence-electron chi connectivity index (χ0n) is 19.1. The van der Waals surface area contributed by atoms with Crippen molar-refractivity contribution < 1.29 is 37.4 Å². The number of aromatic nitrogens is 3. The van der Waals surface area contributed by atoms with Gasteiger partial charge in [-0.05, 0) is 19.1 Å². The van der Waals surface area contributed by atoms with Gasteiger partial charge in [0.05, 0.1) is 13.2 Å². The molecule has 1 aliphatic rings. The van der Waals surface area contributed by atoms with Crippen LogP contribution in [0.4, 0.5) is 0 Å². The number of nitrogens with zero attached hydrogens (tertiary/aromatic N) is 3. The molecule has 3 aromatic rings. The summed E-state index contributed by atoms with van der Waals surface area (Å²) in [7, 11) is -6.24. The molecule has 0 aliphatic carbocycles. The molecule has 0 spiro atoms. The Morgan fingerprint density at radius 2 is 1.97 bits per heavy atom. The van der Waals surface area contributed by atoms with Gasteiger partial charge < -0.3 is 24.0 Å². The number of hydrogen-bond acceptors (Lipinski definition) is 11. The summed E-state index contributed by atoms with van der Waals surface area (Å²) < 4.78 is 46.1. The van der Waals surface area contributed by atoms with Crippen molar-refractivity contribution in [1.29, 1.82) is 0 Å². The Morgan fingerprint density at radius 3 is 2.69 bits per heavy atom. The predicted molar refractivity (Wildman–Crippen MR) is 124 cm³/mol. The van der Waals surface area contributed by atoms with Gasteiger partial charge in [0.25, 0.3) is 5.56 Å². The zero-order valence-corrected chi connectivity index (χ0v) is 21.0. The largest absolute Gasteiger partial charge is 0.387 e. The molecule has 15 heteroatoms. The minimum Gasteiger partial charge on any atom is -0.387 e. The zero-order chi connectivity index (χ0) is 25.5. The molecule has 0 saturated carbocycles. The van der Waals surface area contributed by atoms with Gasteiger partial charge in [-0.1, -0.05) is 16.8 Å². The number of ether oxygens (including phenoxy) is 1. The molecule has 190 valence electrons. The quantitative estimate of drug-likeness (QED) is 0.400. The third-order valence-corrected chi connectivity index (χ3v) is 8.46. The van der Waals surface area contributed by atoms with Crippen molar-refractivity contribution in [2.24, 2.45) is 0 Å². The summed E-state index contributed by atoms with van der Waals surface area (Å²) in [6.07, 6.45) is -4.47. The molecule has 4 rings (SSSR count). The maximum Gasteiger partial charge on any atom is 0.333 e. The number of rotatable bonds is 8. The normalized spacial score (nSPS) is 25.1. The summed E-state index contributed by atoms with van der Waals surface area (Å²) >= 11 is 0. The average Bonchev–Trinajstić information content (AvgIpc) is 3.29. The van der Waals surface area contributed by atoms with Gasteiger partial charge in [-0.2, -0.15) is 0 Å². The van der Waals surface area contributed by atoms with Crippen LogP contribution in [0.3, 0.4) is 0 Å². The maximum absolute atomic E-state index is 13.2. The predicted octanol–water partition coefficient (Wildman–Crippen LogP) is 1.09. The van der Waals surface area contributed by atoms with E-state index >= 15 is 0 Å². The maximum atomic E-state index is 13.2. The number of aryl methyl sites for hydroxylation is 1. The number of aliphatic hydroxyl groups is 2. The van der Waals surface area contributed by atoms with E-state index in [-0.39, 0.29) is 6.54 Å². The smallest absolute Gasteiger partial charge is 0.333 e. The number of fused-ring (bicyclic) bond motifs is 1. The molecule has 0 bridgehead atoms. The summed E-state index contributed by atoms with van der Waals surface area (Å²) in [5, 5.41) is 25.5. The van der Waals surface area contributed by atoms with Crippen LogP contribution in [0, 0.1) is 6.92 Å². The SMILES string of the molecule is Cc1ccc2onc(Cn3c(=O)ccn([C@@H]4O[C@H](COP(C)(=O)O[PH](C)=O)[C@H](O)C4O)c3=O)c2c1. The molecule has 0 radical (unpaired) electrons. The molecule has 0 amide bonds.